The van der Waals surface area contributed by atoms with Gasteiger partial charge in [0.15, 0.2) is 0 Å². The minimum Gasteiger partial charge on any atom is -0.462 e. The lowest BCUT2D eigenvalue weighted by atomic mass is 9.89. The molecule has 1 aromatic rings. The molecule has 8 nitrogen and oxygen atoms in total. The van der Waals surface area contributed by atoms with Crippen LogP contribution < -0.4 is 5.32 Å². The molecule has 0 unspecified atom stereocenters. The zero-order chi connectivity index (χ0) is 21.8. The smallest absolute Gasteiger partial charge is 0.410 e. The first-order chi connectivity index (χ1) is 13.5. The van der Waals surface area contributed by atoms with Crippen molar-refractivity contribution in [1.29, 1.82) is 0 Å². The molecule has 1 fully saturated rings. The number of esters is 1. The number of nitrogens with one attached hydrogen (secondary N) is 1. The summed E-state index contributed by atoms with van der Waals surface area (Å²) in [6.07, 6.45) is 2.02. The van der Waals surface area contributed by atoms with E-state index in [2.05, 4.69) is 24.3 Å². The average Bonchev–Trinajstić information content (AvgIpc) is 3.00. The van der Waals surface area contributed by atoms with E-state index in [9.17, 15) is 9.59 Å². The number of hydrogen-bond acceptors (Lipinski definition) is 6. The molecule has 1 aliphatic heterocycles. The van der Waals surface area contributed by atoms with Crippen LogP contribution in [-0.4, -0.2) is 64.6 Å². The van der Waals surface area contributed by atoms with Gasteiger partial charge in [0.1, 0.15) is 11.2 Å². The second kappa shape index (κ2) is 9.61. The Morgan fingerprint density at radius 3 is 2.59 bits per heavy atom. The van der Waals surface area contributed by atoms with E-state index in [1.807, 2.05) is 27.8 Å². The summed E-state index contributed by atoms with van der Waals surface area (Å²) in [6, 6.07) is 0.105. The number of ether oxygens (including phenoxy) is 2. The van der Waals surface area contributed by atoms with Crippen LogP contribution in [0.15, 0.2) is 6.20 Å². The van der Waals surface area contributed by atoms with Gasteiger partial charge in [-0.1, -0.05) is 13.8 Å². The minimum absolute atomic E-state index is 0.0483. The normalized spacial score (nSPS) is 20.1. The first-order valence-corrected chi connectivity index (χ1v) is 10.4. The molecule has 29 heavy (non-hydrogen) atoms. The second-order valence-corrected chi connectivity index (χ2v) is 9.10. The van der Waals surface area contributed by atoms with Crippen molar-refractivity contribution < 1.29 is 19.1 Å². The predicted molar refractivity (Wildman–Crippen MR) is 111 cm³/mol. The topological polar surface area (TPSA) is 85.7 Å². The van der Waals surface area contributed by atoms with E-state index in [0.717, 1.165) is 18.7 Å². The highest BCUT2D eigenvalue weighted by atomic mass is 16.6. The average molecular weight is 409 g/mol. The second-order valence-electron chi connectivity index (χ2n) is 9.10. The molecule has 1 saturated heterocycles. The lowest BCUT2D eigenvalue weighted by Crippen LogP contribution is -2.52. The van der Waals surface area contributed by atoms with E-state index in [1.54, 1.807) is 22.7 Å². The third-order valence-electron chi connectivity index (χ3n) is 4.78. The predicted octanol–water partition coefficient (Wildman–Crippen LogP) is 2.94. The first-order valence-electron chi connectivity index (χ1n) is 10.4. The number of carbonyl (C=O) groups excluding carboxylic acids is 2. The molecular formula is C21H36N4O4. The molecular weight excluding hydrogens is 372 g/mol. The van der Waals surface area contributed by atoms with Crippen LogP contribution in [0.25, 0.3) is 0 Å². The van der Waals surface area contributed by atoms with Crippen molar-refractivity contribution in [3.05, 3.63) is 17.5 Å². The minimum atomic E-state index is -0.562. The van der Waals surface area contributed by atoms with Crippen LogP contribution in [0.5, 0.6) is 0 Å². The molecule has 0 aromatic carbocycles. The van der Waals surface area contributed by atoms with Crippen molar-refractivity contribution in [2.45, 2.75) is 65.5 Å². The summed E-state index contributed by atoms with van der Waals surface area (Å²) in [7, 11) is 1.82. The third-order valence-corrected chi connectivity index (χ3v) is 4.78. The summed E-state index contributed by atoms with van der Waals surface area (Å²) < 4.78 is 12.5. The Bertz CT molecular complexity index is 708. The van der Waals surface area contributed by atoms with Gasteiger partial charge in [-0.05, 0) is 46.6 Å². The summed E-state index contributed by atoms with van der Waals surface area (Å²) in [5.74, 6) is 0.0710. The highest BCUT2D eigenvalue weighted by molar-refractivity contribution is 5.90. The van der Waals surface area contributed by atoms with E-state index >= 15 is 0 Å². The zero-order valence-electron chi connectivity index (χ0n) is 18.8. The molecule has 164 valence electrons. The largest absolute Gasteiger partial charge is 0.462 e. The van der Waals surface area contributed by atoms with Crippen molar-refractivity contribution in [3.8, 4) is 0 Å². The number of likely N-dealkylation sites (tertiary alicyclic amines) is 1. The van der Waals surface area contributed by atoms with Crippen LogP contribution in [0.4, 0.5) is 4.79 Å². The Morgan fingerprint density at radius 1 is 1.31 bits per heavy atom. The molecule has 0 saturated carbocycles. The molecule has 1 aromatic heterocycles. The summed E-state index contributed by atoms with van der Waals surface area (Å²) in [4.78, 5) is 26.9. The van der Waals surface area contributed by atoms with E-state index in [-0.39, 0.29) is 24.0 Å². The number of aromatic nitrogens is 2. The zero-order valence-corrected chi connectivity index (χ0v) is 18.8. The Balaban J connectivity index is 2.29. The van der Waals surface area contributed by atoms with Crippen molar-refractivity contribution in [3.63, 3.8) is 0 Å². The molecule has 1 amide bonds. The maximum Gasteiger partial charge on any atom is 0.410 e. The SMILES string of the molecule is CCOC(=O)c1cnn(C)c1[C@@H]1C[C@H](NCC(C)C)CN(C(=O)OC(C)(C)C)C1. The van der Waals surface area contributed by atoms with Crippen LogP contribution >= 0.6 is 0 Å². The maximum absolute atomic E-state index is 12.8. The van der Waals surface area contributed by atoms with Crippen LogP contribution in [0.2, 0.25) is 0 Å². The van der Waals surface area contributed by atoms with Crippen molar-refractivity contribution in [2.75, 3.05) is 26.2 Å². The quantitative estimate of drug-likeness (QED) is 0.729. The lowest BCUT2D eigenvalue weighted by Gasteiger charge is -2.39. The Morgan fingerprint density at radius 2 is 2.00 bits per heavy atom. The molecule has 0 bridgehead atoms. The van der Waals surface area contributed by atoms with E-state index < -0.39 is 5.60 Å². The lowest BCUT2D eigenvalue weighted by molar-refractivity contribution is 0.0162. The number of rotatable bonds is 6. The number of carbonyl (C=O) groups is 2. The summed E-state index contributed by atoms with van der Waals surface area (Å²) >= 11 is 0. The van der Waals surface area contributed by atoms with E-state index in [4.69, 9.17) is 9.47 Å². The van der Waals surface area contributed by atoms with Crippen molar-refractivity contribution in [2.24, 2.45) is 13.0 Å². The summed E-state index contributed by atoms with van der Waals surface area (Å²) in [5, 5.41) is 7.84. The van der Waals surface area contributed by atoms with Crippen LogP contribution in [0, 0.1) is 5.92 Å². The Labute approximate surface area is 173 Å². The molecule has 2 heterocycles. The van der Waals surface area contributed by atoms with Crippen LogP contribution in [-0.2, 0) is 16.5 Å². The molecule has 8 heteroatoms. The van der Waals surface area contributed by atoms with Crippen LogP contribution in [0.3, 0.4) is 0 Å². The molecule has 2 rings (SSSR count). The van der Waals surface area contributed by atoms with Gasteiger partial charge < -0.3 is 19.7 Å². The number of hydrogen-bond donors (Lipinski definition) is 1. The van der Waals surface area contributed by atoms with Gasteiger partial charge in [0, 0.05) is 32.1 Å². The molecule has 0 aliphatic carbocycles. The maximum atomic E-state index is 12.8. The van der Waals surface area contributed by atoms with Gasteiger partial charge in [0.25, 0.3) is 0 Å². The van der Waals surface area contributed by atoms with Gasteiger partial charge in [-0.15, -0.1) is 0 Å². The molecule has 2 atom stereocenters. The number of piperidine rings is 1. The van der Waals surface area contributed by atoms with E-state index in [1.165, 1.54) is 0 Å². The standard InChI is InChI=1S/C21H36N4O4/c1-8-28-19(26)17-11-23-24(7)18(17)15-9-16(22-10-14(2)3)13-25(12-15)20(27)29-21(4,5)6/h11,14-16,22H,8-10,12-13H2,1-7H3/t15-,16+/m1/s1. The number of amides is 1. The molecule has 0 radical (unpaired) electrons. The van der Waals surface area contributed by atoms with Gasteiger partial charge in [0.05, 0.1) is 18.5 Å². The fourth-order valence-corrected chi connectivity index (χ4v) is 3.62. The fraction of sp³-hybridized carbons (Fsp3) is 0.762. The van der Waals surface area contributed by atoms with Gasteiger partial charge in [-0.2, -0.15) is 5.10 Å². The van der Waals surface area contributed by atoms with Gasteiger partial charge in [0.2, 0.25) is 0 Å². The summed E-state index contributed by atoms with van der Waals surface area (Å²) in [6.45, 7) is 13.9. The fourth-order valence-electron chi connectivity index (χ4n) is 3.62. The molecule has 0 spiro atoms. The number of nitrogens with zero attached hydrogens (tertiary/aromatic N) is 3. The monoisotopic (exact) mass is 408 g/mol. The number of aryl methyl sites for hydroxylation is 1. The Kier molecular flexibility index (Phi) is 7.68. The van der Waals surface area contributed by atoms with Gasteiger partial charge >= 0.3 is 12.1 Å². The highest BCUT2D eigenvalue weighted by Gasteiger charge is 2.36. The van der Waals surface area contributed by atoms with Crippen molar-refractivity contribution >= 4 is 12.1 Å². The first kappa shape index (κ1) is 23.2. The van der Waals surface area contributed by atoms with Gasteiger partial charge in [-0.3, -0.25) is 4.68 Å². The van der Waals surface area contributed by atoms with Crippen molar-refractivity contribution in [1.82, 2.24) is 20.0 Å². The van der Waals surface area contributed by atoms with Crippen LogP contribution in [0.1, 0.15) is 69.9 Å². The van der Waals surface area contributed by atoms with Gasteiger partial charge in [-0.25, -0.2) is 9.59 Å². The summed E-state index contributed by atoms with van der Waals surface area (Å²) in [5.41, 5.74) is 0.703. The highest BCUT2D eigenvalue weighted by Crippen LogP contribution is 2.30. The van der Waals surface area contributed by atoms with E-state index in [0.29, 0.717) is 31.2 Å². The molecule has 1 aliphatic rings. The Hall–Kier alpha value is -2.09. The molecule has 1 N–H and O–H groups in total. The third kappa shape index (κ3) is 6.45.